The van der Waals surface area contributed by atoms with Crippen LogP contribution in [0.1, 0.15) is 44.9 Å². The molecule has 0 spiro atoms. The molecule has 2 amide bonds. The molecular formula is C27H32N4O6S2. The van der Waals surface area contributed by atoms with E-state index in [0.717, 1.165) is 41.5 Å². The summed E-state index contributed by atoms with van der Waals surface area (Å²) >= 11 is 2.72. The van der Waals surface area contributed by atoms with Crippen molar-refractivity contribution in [3.63, 3.8) is 0 Å². The Morgan fingerprint density at radius 3 is 1.36 bits per heavy atom. The van der Waals surface area contributed by atoms with E-state index in [1.54, 1.807) is 40.6 Å². The molecular weight excluding hydrogens is 540 g/mol. The van der Waals surface area contributed by atoms with E-state index in [0.29, 0.717) is 57.1 Å². The molecule has 0 bridgehead atoms. The van der Waals surface area contributed by atoms with Crippen LogP contribution < -0.4 is 29.6 Å². The second kappa shape index (κ2) is 13.4. The summed E-state index contributed by atoms with van der Waals surface area (Å²) in [5.74, 6) is 2.51. The number of anilines is 2. The quantitative estimate of drug-likeness (QED) is 0.170. The Kier molecular flexibility index (Phi) is 9.77. The third-order valence-corrected chi connectivity index (χ3v) is 8.09. The highest BCUT2D eigenvalue weighted by molar-refractivity contribution is 7.23. The predicted molar refractivity (Wildman–Crippen MR) is 155 cm³/mol. The van der Waals surface area contributed by atoms with Crippen molar-refractivity contribution in [3.05, 3.63) is 24.3 Å². The number of methoxy groups -OCH3 is 4. The maximum atomic E-state index is 12.4. The number of hydrogen-bond acceptors (Lipinski definition) is 10. The zero-order chi connectivity index (χ0) is 27.8. The number of ether oxygens (including phenoxy) is 4. The third-order valence-electron chi connectivity index (χ3n) is 6.12. The van der Waals surface area contributed by atoms with Crippen LogP contribution in [-0.2, 0) is 9.59 Å². The maximum absolute atomic E-state index is 12.4. The van der Waals surface area contributed by atoms with Crippen LogP contribution in [0.15, 0.2) is 24.3 Å². The summed E-state index contributed by atoms with van der Waals surface area (Å²) < 4.78 is 23.2. The van der Waals surface area contributed by atoms with Crippen molar-refractivity contribution in [1.29, 1.82) is 0 Å². The number of rotatable bonds is 14. The molecule has 39 heavy (non-hydrogen) atoms. The molecule has 0 radical (unpaired) electrons. The van der Waals surface area contributed by atoms with Crippen molar-refractivity contribution >= 4 is 65.2 Å². The van der Waals surface area contributed by atoms with Gasteiger partial charge in [-0.1, -0.05) is 41.9 Å². The van der Waals surface area contributed by atoms with E-state index >= 15 is 0 Å². The molecule has 0 unspecified atom stereocenters. The zero-order valence-electron chi connectivity index (χ0n) is 22.4. The molecule has 2 aromatic heterocycles. The number of nitrogens with one attached hydrogen (secondary N) is 2. The van der Waals surface area contributed by atoms with Gasteiger partial charge in [0, 0.05) is 12.8 Å². The van der Waals surface area contributed by atoms with Crippen LogP contribution in [0.4, 0.5) is 10.3 Å². The minimum atomic E-state index is -0.0736. The average Bonchev–Trinajstić information content (AvgIpc) is 3.55. The SMILES string of the molecule is COc1ccc(OC)c2sc(NC(=O)CCCCCCCC(=O)Nc3nc4c(OC)ccc(OC)c4s3)nc12. The Hall–Kier alpha value is -3.64. The summed E-state index contributed by atoms with van der Waals surface area (Å²) in [6.45, 7) is 0. The van der Waals surface area contributed by atoms with Crippen LogP contribution in [0.25, 0.3) is 20.4 Å². The normalized spacial score (nSPS) is 11.0. The molecule has 2 N–H and O–H groups in total. The van der Waals surface area contributed by atoms with Crippen LogP contribution in [0.5, 0.6) is 23.0 Å². The van der Waals surface area contributed by atoms with Crippen molar-refractivity contribution in [3.8, 4) is 23.0 Å². The molecule has 0 fully saturated rings. The molecule has 0 aliphatic carbocycles. The molecule has 0 aliphatic rings. The number of carbonyl (C=O) groups is 2. The second-order valence-corrected chi connectivity index (χ2v) is 10.7. The van der Waals surface area contributed by atoms with Gasteiger partial charge in [0.25, 0.3) is 0 Å². The molecule has 12 heteroatoms. The first-order valence-corrected chi connectivity index (χ1v) is 14.2. The van der Waals surface area contributed by atoms with E-state index < -0.39 is 0 Å². The number of fused-ring (bicyclic) bond motifs is 2. The summed E-state index contributed by atoms with van der Waals surface area (Å²) in [6.07, 6.45) is 5.13. The van der Waals surface area contributed by atoms with E-state index in [-0.39, 0.29) is 11.8 Å². The van der Waals surface area contributed by atoms with Gasteiger partial charge in [0.1, 0.15) is 43.4 Å². The maximum Gasteiger partial charge on any atom is 0.226 e. The summed E-state index contributed by atoms with van der Waals surface area (Å²) in [5, 5.41) is 6.81. The molecule has 0 saturated carbocycles. The van der Waals surface area contributed by atoms with Crippen molar-refractivity contribution in [1.82, 2.24) is 9.97 Å². The summed E-state index contributed by atoms with van der Waals surface area (Å²) in [5.41, 5.74) is 1.34. The molecule has 208 valence electrons. The highest BCUT2D eigenvalue weighted by Gasteiger charge is 2.16. The highest BCUT2D eigenvalue weighted by Crippen LogP contribution is 2.40. The lowest BCUT2D eigenvalue weighted by molar-refractivity contribution is -0.117. The lowest BCUT2D eigenvalue weighted by Gasteiger charge is -2.03. The van der Waals surface area contributed by atoms with E-state index in [2.05, 4.69) is 20.6 Å². The molecule has 4 aromatic rings. The highest BCUT2D eigenvalue weighted by atomic mass is 32.1. The fourth-order valence-corrected chi connectivity index (χ4v) is 6.12. The van der Waals surface area contributed by atoms with Gasteiger partial charge in [-0.05, 0) is 37.1 Å². The molecule has 4 rings (SSSR count). The van der Waals surface area contributed by atoms with Gasteiger partial charge < -0.3 is 29.6 Å². The molecule has 0 atom stereocenters. The van der Waals surface area contributed by atoms with Crippen LogP contribution in [0, 0.1) is 0 Å². The van der Waals surface area contributed by atoms with E-state index in [1.807, 2.05) is 12.1 Å². The van der Waals surface area contributed by atoms with Crippen molar-refractivity contribution in [2.75, 3.05) is 39.1 Å². The molecule has 0 saturated heterocycles. The van der Waals surface area contributed by atoms with Crippen LogP contribution in [-0.4, -0.2) is 50.2 Å². The lowest BCUT2D eigenvalue weighted by Crippen LogP contribution is -2.11. The minimum absolute atomic E-state index is 0.0736. The Bertz CT molecular complexity index is 1260. The van der Waals surface area contributed by atoms with Gasteiger partial charge in [-0.3, -0.25) is 9.59 Å². The topological polar surface area (TPSA) is 121 Å². The van der Waals surface area contributed by atoms with Gasteiger partial charge in [0.2, 0.25) is 11.8 Å². The Labute approximate surface area is 234 Å². The van der Waals surface area contributed by atoms with Crippen LogP contribution in [0.2, 0.25) is 0 Å². The zero-order valence-corrected chi connectivity index (χ0v) is 24.1. The number of carbonyl (C=O) groups excluding carboxylic acids is 2. The third kappa shape index (κ3) is 6.87. The Morgan fingerprint density at radius 1 is 0.615 bits per heavy atom. The molecule has 10 nitrogen and oxygen atoms in total. The average molecular weight is 573 g/mol. The van der Waals surface area contributed by atoms with Crippen molar-refractivity contribution < 1.29 is 28.5 Å². The number of nitrogens with zero attached hydrogens (tertiary/aromatic N) is 2. The fourth-order valence-electron chi connectivity index (χ4n) is 4.14. The van der Waals surface area contributed by atoms with Gasteiger partial charge in [0.15, 0.2) is 10.3 Å². The number of thiazole rings is 2. The first-order valence-electron chi connectivity index (χ1n) is 12.6. The monoisotopic (exact) mass is 572 g/mol. The number of amides is 2. The van der Waals surface area contributed by atoms with Gasteiger partial charge in [-0.2, -0.15) is 0 Å². The smallest absolute Gasteiger partial charge is 0.226 e. The number of hydrogen-bond donors (Lipinski definition) is 2. The lowest BCUT2D eigenvalue weighted by atomic mass is 10.1. The summed E-state index contributed by atoms with van der Waals surface area (Å²) in [7, 11) is 6.37. The van der Waals surface area contributed by atoms with Crippen LogP contribution in [0.3, 0.4) is 0 Å². The largest absolute Gasteiger partial charge is 0.495 e. The van der Waals surface area contributed by atoms with Gasteiger partial charge in [-0.25, -0.2) is 9.97 Å². The van der Waals surface area contributed by atoms with Crippen molar-refractivity contribution in [2.24, 2.45) is 0 Å². The van der Waals surface area contributed by atoms with E-state index in [9.17, 15) is 9.59 Å². The first-order chi connectivity index (χ1) is 19.0. The van der Waals surface area contributed by atoms with E-state index in [1.165, 1.54) is 22.7 Å². The van der Waals surface area contributed by atoms with Crippen molar-refractivity contribution in [2.45, 2.75) is 44.9 Å². The summed E-state index contributed by atoms with van der Waals surface area (Å²) in [4.78, 5) is 33.8. The fraction of sp³-hybridized carbons (Fsp3) is 0.407. The standard InChI is InChI=1S/C27H32N4O6S2/c1-34-16-12-14-18(36-3)24-22(16)30-26(38-24)28-20(32)10-8-6-5-7-9-11-21(33)29-27-31-23-17(35-2)13-15-19(37-4)25(23)39-27/h12-15H,5-11H2,1-4H3,(H,28,30,32)(H,29,31,33). The van der Waals surface area contributed by atoms with E-state index in [4.69, 9.17) is 18.9 Å². The van der Waals surface area contributed by atoms with Gasteiger partial charge in [-0.15, -0.1) is 0 Å². The second-order valence-electron chi connectivity index (χ2n) is 8.70. The molecule has 0 aliphatic heterocycles. The van der Waals surface area contributed by atoms with Gasteiger partial charge in [0.05, 0.1) is 28.4 Å². The number of aromatic nitrogens is 2. The molecule has 2 heterocycles. The molecule has 2 aromatic carbocycles. The predicted octanol–water partition coefficient (Wildman–Crippen LogP) is 6.25. The Morgan fingerprint density at radius 2 is 0.974 bits per heavy atom. The summed E-state index contributed by atoms with van der Waals surface area (Å²) in [6, 6.07) is 7.24. The van der Waals surface area contributed by atoms with Crippen LogP contribution >= 0.6 is 22.7 Å². The number of unbranched alkanes of at least 4 members (excludes halogenated alkanes) is 4. The van der Waals surface area contributed by atoms with Gasteiger partial charge >= 0.3 is 0 Å². The minimum Gasteiger partial charge on any atom is -0.495 e. The first kappa shape index (κ1) is 28.4. The number of benzene rings is 2. The Balaban J connectivity index is 1.15.